The van der Waals surface area contributed by atoms with E-state index in [0.717, 1.165) is 23.3 Å². The summed E-state index contributed by atoms with van der Waals surface area (Å²) in [5, 5.41) is 13.6. The highest BCUT2D eigenvalue weighted by Crippen LogP contribution is 2.34. The van der Waals surface area contributed by atoms with Crippen molar-refractivity contribution in [2.24, 2.45) is 11.8 Å². The number of carboxylic acid groups (broad SMARTS) is 1. The number of benzene rings is 1. The summed E-state index contributed by atoms with van der Waals surface area (Å²) in [5.74, 6) is -5.35. The van der Waals surface area contributed by atoms with Gasteiger partial charge in [-0.15, -0.1) is 0 Å². The van der Waals surface area contributed by atoms with Crippen LogP contribution in [0.2, 0.25) is 0 Å². The number of anilines is 1. The van der Waals surface area contributed by atoms with Crippen LogP contribution in [0.5, 0.6) is 0 Å². The van der Waals surface area contributed by atoms with Gasteiger partial charge in [-0.3, -0.25) is 4.79 Å². The molecule has 0 heterocycles. The van der Waals surface area contributed by atoms with Crippen LogP contribution in [0, 0.1) is 23.5 Å². The van der Waals surface area contributed by atoms with Crippen LogP contribution in [0.15, 0.2) is 29.3 Å². The fourth-order valence-electron chi connectivity index (χ4n) is 2.63. The Morgan fingerprint density at radius 3 is 2.27 bits per heavy atom. The molecule has 2 atom stereocenters. The first-order valence-electron chi connectivity index (χ1n) is 6.91. The van der Waals surface area contributed by atoms with Crippen LogP contribution in [-0.4, -0.2) is 11.9 Å². The van der Waals surface area contributed by atoms with Crippen molar-refractivity contribution < 1.29 is 23.5 Å². The van der Waals surface area contributed by atoms with E-state index in [0.29, 0.717) is 6.07 Å². The van der Waals surface area contributed by atoms with Crippen molar-refractivity contribution in [3.8, 4) is 0 Å². The Bertz CT molecular complexity index is 655. The smallest absolute Gasteiger partial charge is 0.228 e. The average Bonchev–Trinajstić information content (AvgIpc) is 2.44. The summed E-state index contributed by atoms with van der Waals surface area (Å²) in [4.78, 5) is 23.5. The van der Waals surface area contributed by atoms with Gasteiger partial charge in [0.2, 0.25) is 5.91 Å². The summed E-state index contributed by atoms with van der Waals surface area (Å²) >= 11 is 0. The first-order chi connectivity index (χ1) is 10.3. The SMILES string of the molecule is CC1=C(C)CC(C(=O)Nc2ccc(F)cc2F)C(C(=O)[O-])C1. The van der Waals surface area contributed by atoms with Gasteiger partial charge in [0.15, 0.2) is 0 Å². The molecule has 0 aliphatic heterocycles. The molecule has 6 heteroatoms. The number of amides is 1. The lowest BCUT2D eigenvalue weighted by Crippen LogP contribution is -2.42. The Labute approximate surface area is 126 Å². The number of aliphatic carboxylic acids is 1. The van der Waals surface area contributed by atoms with Crippen molar-refractivity contribution >= 4 is 17.6 Å². The summed E-state index contributed by atoms with van der Waals surface area (Å²) in [5.41, 5.74) is 1.69. The molecule has 0 saturated carbocycles. The third-order valence-corrected chi connectivity index (χ3v) is 4.09. The predicted octanol–water partition coefficient (Wildman–Crippen LogP) is 2.02. The number of nitrogens with one attached hydrogen (secondary N) is 1. The first kappa shape index (κ1) is 16.1. The minimum absolute atomic E-state index is 0.174. The van der Waals surface area contributed by atoms with Gasteiger partial charge in [-0.1, -0.05) is 11.1 Å². The van der Waals surface area contributed by atoms with Crippen LogP contribution in [0.4, 0.5) is 14.5 Å². The van der Waals surface area contributed by atoms with Crippen molar-refractivity contribution in [3.63, 3.8) is 0 Å². The van der Waals surface area contributed by atoms with Crippen molar-refractivity contribution in [2.45, 2.75) is 26.7 Å². The quantitative estimate of drug-likeness (QED) is 0.869. The van der Waals surface area contributed by atoms with Gasteiger partial charge in [0.05, 0.1) is 11.6 Å². The minimum atomic E-state index is -1.30. The lowest BCUT2D eigenvalue weighted by Gasteiger charge is -2.32. The molecule has 0 bridgehead atoms. The second-order valence-electron chi connectivity index (χ2n) is 5.61. The Morgan fingerprint density at radius 2 is 1.73 bits per heavy atom. The number of hydrogen-bond donors (Lipinski definition) is 1. The second kappa shape index (κ2) is 6.25. The highest BCUT2D eigenvalue weighted by atomic mass is 19.1. The van der Waals surface area contributed by atoms with Crippen LogP contribution in [0.25, 0.3) is 0 Å². The van der Waals surface area contributed by atoms with Crippen LogP contribution >= 0.6 is 0 Å². The Hall–Kier alpha value is -2.24. The summed E-state index contributed by atoms with van der Waals surface area (Å²) in [6.07, 6.45) is 0.511. The molecule has 0 fully saturated rings. The fraction of sp³-hybridized carbons (Fsp3) is 0.375. The lowest BCUT2D eigenvalue weighted by molar-refractivity contribution is -0.313. The van der Waals surface area contributed by atoms with E-state index in [4.69, 9.17) is 0 Å². The molecule has 2 rings (SSSR count). The Kier molecular flexibility index (Phi) is 4.59. The number of halogens is 2. The average molecular weight is 308 g/mol. The molecule has 0 saturated heterocycles. The predicted molar refractivity (Wildman–Crippen MR) is 74.6 cm³/mol. The molecular weight excluding hydrogens is 292 g/mol. The number of allylic oxidation sites excluding steroid dienone is 2. The zero-order valence-corrected chi connectivity index (χ0v) is 12.3. The fourth-order valence-corrected chi connectivity index (χ4v) is 2.63. The van der Waals surface area contributed by atoms with E-state index in [-0.39, 0.29) is 18.5 Å². The molecule has 0 aromatic heterocycles. The van der Waals surface area contributed by atoms with Gasteiger partial charge in [0.25, 0.3) is 0 Å². The summed E-state index contributed by atoms with van der Waals surface area (Å²) in [6.45, 7) is 3.65. The molecular formula is C16H16F2NO3-. The van der Waals surface area contributed by atoms with E-state index < -0.39 is 35.3 Å². The lowest BCUT2D eigenvalue weighted by atomic mass is 9.76. The van der Waals surface area contributed by atoms with Gasteiger partial charge in [-0.25, -0.2) is 8.78 Å². The molecule has 118 valence electrons. The maximum atomic E-state index is 13.6. The van der Waals surface area contributed by atoms with E-state index in [1.54, 1.807) is 0 Å². The summed E-state index contributed by atoms with van der Waals surface area (Å²) in [7, 11) is 0. The van der Waals surface area contributed by atoms with Gasteiger partial charge in [0.1, 0.15) is 11.6 Å². The topological polar surface area (TPSA) is 69.2 Å². The van der Waals surface area contributed by atoms with E-state index >= 15 is 0 Å². The number of carbonyl (C=O) groups is 2. The zero-order chi connectivity index (χ0) is 16.4. The molecule has 1 aliphatic carbocycles. The Balaban J connectivity index is 2.21. The van der Waals surface area contributed by atoms with Gasteiger partial charge in [-0.05, 0) is 38.8 Å². The van der Waals surface area contributed by atoms with E-state index in [1.165, 1.54) is 0 Å². The molecule has 0 spiro atoms. The van der Waals surface area contributed by atoms with Crippen LogP contribution in [0.3, 0.4) is 0 Å². The Morgan fingerprint density at radius 1 is 1.14 bits per heavy atom. The zero-order valence-electron chi connectivity index (χ0n) is 12.3. The molecule has 1 aromatic carbocycles. The van der Waals surface area contributed by atoms with Gasteiger partial charge >= 0.3 is 0 Å². The van der Waals surface area contributed by atoms with Crippen molar-refractivity contribution in [1.29, 1.82) is 0 Å². The van der Waals surface area contributed by atoms with Gasteiger partial charge in [-0.2, -0.15) is 0 Å². The third kappa shape index (κ3) is 3.32. The van der Waals surface area contributed by atoms with Crippen molar-refractivity contribution in [1.82, 2.24) is 0 Å². The maximum Gasteiger partial charge on any atom is 0.228 e. The first-order valence-corrected chi connectivity index (χ1v) is 6.91. The number of rotatable bonds is 3. The molecule has 0 radical (unpaired) electrons. The van der Waals surface area contributed by atoms with Crippen LogP contribution in [0.1, 0.15) is 26.7 Å². The van der Waals surface area contributed by atoms with E-state index in [2.05, 4.69) is 5.32 Å². The summed E-state index contributed by atoms with van der Waals surface area (Å²) in [6, 6.07) is 2.78. The van der Waals surface area contributed by atoms with Gasteiger partial charge < -0.3 is 15.2 Å². The number of hydrogen-bond acceptors (Lipinski definition) is 3. The molecule has 1 aliphatic rings. The molecule has 1 amide bonds. The molecule has 4 nitrogen and oxygen atoms in total. The molecule has 1 aromatic rings. The highest BCUT2D eigenvalue weighted by Gasteiger charge is 2.33. The monoisotopic (exact) mass is 308 g/mol. The molecule has 22 heavy (non-hydrogen) atoms. The minimum Gasteiger partial charge on any atom is -0.550 e. The number of carbonyl (C=O) groups excluding carboxylic acids is 2. The third-order valence-electron chi connectivity index (χ3n) is 4.09. The normalized spacial score (nSPS) is 21.6. The molecule has 2 unspecified atom stereocenters. The number of carboxylic acids is 1. The highest BCUT2D eigenvalue weighted by molar-refractivity contribution is 5.95. The largest absolute Gasteiger partial charge is 0.550 e. The van der Waals surface area contributed by atoms with Crippen LogP contribution in [-0.2, 0) is 9.59 Å². The van der Waals surface area contributed by atoms with E-state index in [9.17, 15) is 23.5 Å². The maximum absolute atomic E-state index is 13.6. The van der Waals surface area contributed by atoms with Crippen LogP contribution < -0.4 is 10.4 Å². The van der Waals surface area contributed by atoms with Crippen molar-refractivity contribution in [2.75, 3.05) is 5.32 Å². The second-order valence-corrected chi connectivity index (χ2v) is 5.61. The summed E-state index contributed by atoms with van der Waals surface area (Å²) < 4.78 is 26.4. The van der Waals surface area contributed by atoms with Crippen molar-refractivity contribution in [3.05, 3.63) is 41.0 Å². The van der Waals surface area contributed by atoms with E-state index in [1.807, 2.05) is 13.8 Å². The molecule has 1 N–H and O–H groups in total. The van der Waals surface area contributed by atoms with Gasteiger partial charge in [0, 0.05) is 18.0 Å². The standard InChI is InChI=1S/C16H17F2NO3/c1-8-5-11(12(16(21)22)6-9(8)2)15(20)19-14-4-3-10(17)7-13(14)18/h3-4,7,11-12H,5-6H2,1-2H3,(H,19,20)(H,21,22)/p-1.